The third kappa shape index (κ3) is 1.87. The van der Waals surface area contributed by atoms with E-state index in [9.17, 15) is 13.2 Å². The first-order valence-electron chi connectivity index (χ1n) is 3.22. The maximum Gasteiger partial charge on any atom is 0.484 e. The Morgan fingerprint density at radius 1 is 1.42 bits per heavy atom. The second-order valence-electron chi connectivity index (χ2n) is 2.24. The molecule has 0 unspecified atom stereocenters. The van der Waals surface area contributed by atoms with Gasteiger partial charge in [-0.05, 0) is 12.1 Å². The maximum absolute atomic E-state index is 12.0. The van der Waals surface area contributed by atoms with Crippen molar-refractivity contribution >= 4 is 5.69 Å². The van der Waals surface area contributed by atoms with E-state index < -0.39 is 6.30 Å². The molecular formula is C7H7F3N2. The molecule has 12 heavy (non-hydrogen) atoms. The average Bonchev–Trinajstić information content (AvgIpc) is 2.03. The van der Waals surface area contributed by atoms with Crippen molar-refractivity contribution < 1.29 is 13.2 Å². The second kappa shape index (κ2) is 3.00. The summed E-state index contributed by atoms with van der Waals surface area (Å²) in [7, 11) is 0.955. The molecule has 1 rings (SSSR count). The Hall–Kier alpha value is -1.26. The molecule has 2 nitrogen and oxygen atoms in total. The van der Waals surface area contributed by atoms with Crippen LogP contribution in [0.15, 0.2) is 24.5 Å². The van der Waals surface area contributed by atoms with Crippen LogP contribution >= 0.6 is 0 Å². The van der Waals surface area contributed by atoms with Crippen LogP contribution in [-0.2, 0) is 0 Å². The first-order chi connectivity index (χ1) is 5.52. The Morgan fingerprint density at radius 3 is 2.50 bits per heavy atom. The number of aromatic nitrogens is 1. The summed E-state index contributed by atoms with van der Waals surface area (Å²) in [4.78, 5) is 3.79. The van der Waals surface area contributed by atoms with E-state index in [0.29, 0.717) is 0 Å². The smallest absolute Gasteiger partial charge is 0.286 e. The molecule has 0 bridgehead atoms. The van der Waals surface area contributed by atoms with E-state index in [2.05, 4.69) is 4.98 Å². The van der Waals surface area contributed by atoms with Gasteiger partial charge in [0.05, 0.1) is 11.9 Å². The molecule has 5 heteroatoms. The fraction of sp³-hybridized carbons (Fsp3) is 0.286. The summed E-state index contributed by atoms with van der Waals surface area (Å²) in [6.07, 6.45) is -1.76. The Bertz CT molecular complexity index is 245. The molecule has 1 aromatic heterocycles. The Balaban J connectivity index is 2.86. The van der Waals surface area contributed by atoms with E-state index in [-0.39, 0.29) is 10.6 Å². The zero-order chi connectivity index (χ0) is 9.19. The van der Waals surface area contributed by atoms with Crippen molar-refractivity contribution in [3.63, 3.8) is 0 Å². The van der Waals surface area contributed by atoms with E-state index in [0.717, 1.165) is 13.2 Å². The lowest BCUT2D eigenvalue weighted by Gasteiger charge is -2.21. The molecule has 0 saturated carbocycles. The summed E-state index contributed by atoms with van der Waals surface area (Å²) >= 11 is 0. The fourth-order valence-corrected chi connectivity index (χ4v) is 0.699. The van der Waals surface area contributed by atoms with Crippen LogP contribution in [-0.4, -0.2) is 18.3 Å². The van der Waals surface area contributed by atoms with Gasteiger partial charge in [-0.1, -0.05) is 0 Å². The quantitative estimate of drug-likeness (QED) is 0.608. The molecule has 0 aliphatic carbocycles. The normalized spacial score (nSPS) is 11.3. The largest absolute Gasteiger partial charge is 0.484 e. The van der Waals surface area contributed by atoms with Crippen molar-refractivity contribution in [3.8, 4) is 0 Å². The molecule has 0 aliphatic rings. The molecule has 0 fully saturated rings. The van der Waals surface area contributed by atoms with Crippen LogP contribution in [0, 0.1) is 0 Å². The molecule has 66 valence electrons. The van der Waals surface area contributed by atoms with E-state index in [1.165, 1.54) is 18.3 Å². The number of alkyl halides is 3. The molecule has 0 radical (unpaired) electrons. The molecule has 0 atom stereocenters. The number of rotatable bonds is 1. The molecule has 0 spiro atoms. The summed E-state index contributed by atoms with van der Waals surface area (Å²) in [5, 5.41) is 0. The average molecular weight is 176 g/mol. The molecule has 0 aromatic carbocycles. The van der Waals surface area contributed by atoms with Crippen molar-refractivity contribution in [2.45, 2.75) is 6.30 Å². The van der Waals surface area contributed by atoms with E-state index in [1.54, 1.807) is 0 Å². The van der Waals surface area contributed by atoms with Gasteiger partial charge in [0.25, 0.3) is 0 Å². The highest BCUT2D eigenvalue weighted by Gasteiger charge is 2.34. The highest BCUT2D eigenvalue weighted by Crippen LogP contribution is 2.25. The Kier molecular flexibility index (Phi) is 2.21. The van der Waals surface area contributed by atoms with Crippen molar-refractivity contribution in [3.05, 3.63) is 24.5 Å². The number of pyridine rings is 1. The summed E-state index contributed by atoms with van der Waals surface area (Å²) in [5.41, 5.74) is 0.0324. The Labute approximate surface area is 67.6 Å². The van der Waals surface area contributed by atoms with Crippen molar-refractivity contribution in [1.82, 2.24) is 4.98 Å². The first-order valence-corrected chi connectivity index (χ1v) is 3.22. The van der Waals surface area contributed by atoms with Crippen LogP contribution in [0.25, 0.3) is 0 Å². The monoisotopic (exact) mass is 176 g/mol. The predicted octanol–water partition coefficient (Wildman–Crippen LogP) is 2.04. The molecule has 0 saturated heterocycles. The molecule has 0 amide bonds. The van der Waals surface area contributed by atoms with E-state index in [4.69, 9.17) is 0 Å². The standard InChI is InChI=1S/C7H7F3N2/c1-12(7(8,9)10)6-3-2-4-11-5-6/h2-5H,1H3. The lowest BCUT2D eigenvalue weighted by atomic mass is 10.4. The van der Waals surface area contributed by atoms with Crippen LogP contribution in [0.5, 0.6) is 0 Å². The lowest BCUT2D eigenvalue weighted by Crippen LogP contribution is -2.33. The number of hydrogen-bond acceptors (Lipinski definition) is 2. The summed E-state index contributed by atoms with van der Waals surface area (Å²) in [5.74, 6) is 0. The van der Waals surface area contributed by atoms with Gasteiger partial charge in [0.15, 0.2) is 0 Å². The summed E-state index contributed by atoms with van der Waals surface area (Å²) < 4.78 is 36.1. The predicted molar refractivity (Wildman–Crippen MR) is 38.7 cm³/mol. The third-order valence-corrected chi connectivity index (χ3v) is 1.41. The third-order valence-electron chi connectivity index (χ3n) is 1.41. The highest BCUT2D eigenvalue weighted by atomic mass is 19.4. The topological polar surface area (TPSA) is 16.1 Å². The van der Waals surface area contributed by atoms with Gasteiger partial charge in [-0.3, -0.25) is 9.88 Å². The van der Waals surface area contributed by atoms with Gasteiger partial charge in [-0.15, -0.1) is 0 Å². The van der Waals surface area contributed by atoms with Crippen LogP contribution in [0.1, 0.15) is 0 Å². The zero-order valence-electron chi connectivity index (χ0n) is 6.34. The lowest BCUT2D eigenvalue weighted by molar-refractivity contribution is -0.125. The summed E-state index contributed by atoms with van der Waals surface area (Å²) in [6.45, 7) is 0. The number of nitrogens with zero attached hydrogens (tertiary/aromatic N) is 2. The van der Waals surface area contributed by atoms with Gasteiger partial charge < -0.3 is 0 Å². The van der Waals surface area contributed by atoms with Gasteiger partial charge in [-0.2, -0.15) is 13.2 Å². The zero-order valence-corrected chi connectivity index (χ0v) is 6.34. The minimum absolute atomic E-state index is 0.0324. The van der Waals surface area contributed by atoms with Crippen molar-refractivity contribution in [2.75, 3.05) is 11.9 Å². The number of hydrogen-bond donors (Lipinski definition) is 0. The number of anilines is 1. The Morgan fingerprint density at radius 2 is 2.08 bits per heavy atom. The number of halogens is 3. The fourth-order valence-electron chi connectivity index (χ4n) is 0.699. The van der Waals surface area contributed by atoms with Crippen molar-refractivity contribution in [1.29, 1.82) is 0 Å². The minimum Gasteiger partial charge on any atom is -0.286 e. The molecule has 1 aromatic rings. The van der Waals surface area contributed by atoms with Gasteiger partial charge in [-0.25, -0.2) is 0 Å². The molecular weight excluding hydrogens is 169 g/mol. The summed E-state index contributed by atoms with van der Waals surface area (Å²) in [6, 6.07) is 2.80. The van der Waals surface area contributed by atoms with E-state index in [1.807, 2.05) is 0 Å². The maximum atomic E-state index is 12.0. The first kappa shape index (κ1) is 8.83. The van der Waals surface area contributed by atoms with Crippen LogP contribution in [0.3, 0.4) is 0 Å². The second-order valence-corrected chi connectivity index (χ2v) is 2.24. The molecule has 0 N–H and O–H groups in total. The van der Waals surface area contributed by atoms with Gasteiger partial charge in [0.1, 0.15) is 0 Å². The minimum atomic E-state index is -4.34. The van der Waals surface area contributed by atoms with Gasteiger partial charge in [0.2, 0.25) is 0 Å². The molecule has 1 heterocycles. The van der Waals surface area contributed by atoms with Crippen molar-refractivity contribution in [2.24, 2.45) is 0 Å². The highest BCUT2D eigenvalue weighted by molar-refractivity contribution is 5.43. The van der Waals surface area contributed by atoms with Gasteiger partial charge >= 0.3 is 6.30 Å². The van der Waals surface area contributed by atoms with Crippen LogP contribution < -0.4 is 4.90 Å². The SMILES string of the molecule is CN(c1cccnc1)C(F)(F)F. The van der Waals surface area contributed by atoms with Crippen LogP contribution in [0.4, 0.5) is 18.9 Å². The molecule has 0 aliphatic heterocycles. The van der Waals surface area contributed by atoms with Gasteiger partial charge in [0, 0.05) is 13.2 Å². The van der Waals surface area contributed by atoms with E-state index >= 15 is 0 Å². The van der Waals surface area contributed by atoms with Crippen LogP contribution in [0.2, 0.25) is 0 Å².